The Bertz CT molecular complexity index is 830. The molecule has 0 radical (unpaired) electrons. The van der Waals surface area contributed by atoms with E-state index in [2.05, 4.69) is 10.2 Å². The van der Waals surface area contributed by atoms with Crippen LogP contribution in [0.15, 0.2) is 24.3 Å². The first-order chi connectivity index (χ1) is 12.5. The zero-order chi connectivity index (χ0) is 18.8. The van der Waals surface area contributed by atoms with Crippen LogP contribution in [0.2, 0.25) is 0 Å². The van der Waals surface area contributed by atoms with Gasteiger partial charge in [0.2, 0.25) is 0 Å². The molecule has 0 saturated carbocycles. The molecule has 1 saturated heterocycles. The summed E-state index contributed by atoms with van der Waals surface area (Å²) < 4.78 is 5.24. The number of hydrogen-bond acceptors (Lipinski definition) is 4. The summed E-state index contributed by atoms with van der Waals surface area (Å²) in [6.07, 6.45) is 0.760. The summed E-state index contributed by atoms with van der Waals surface area (Å²) >= 11 is 0. The highest BCUT2D eigenvalue weighted by Crippen LogP contribution is 2.35. The van der Waals surface area contributed by atoms with Crippen LogP contribution in [0.3, 0.4) is 0 Å². The number of ether oxygens (including phenoxy) is 1. The third-order valence-electron chi connectivity index (χ3n) is 5.11. The summed E-state index contributed by atoms with van der Waals surface area (Å²) in [5.41, 5.74) is 2.98. The van der Waals surface area contributed by atoms with Gasteiger partial charge in [0.05, 0.1) is 13.0 Å². The van der Waals surface area contributed by atoms with Gasteiger partial charge in [0.1, 0.15) is 5.75 Å². The highest BCUT2D eigenvalue weighted by molar-refractivity contribution is 5.94. The number of methoxy groups -OCH3 is 1. The molecule has 1 aromatic carbocycles. The van der Waals surface area contributed by atoms with Crippen LogP contribution >= 0.6 is 0 Å². The van der Waals surface area contributed by atoms with Gasteiger partial charge in [-0.15, -0.1) is 0 Å². The van der Waals surface area contributed by atoms with Gasteiger partial charge in [-0.3, -0.25) is 14.7 Å². The van der Waals surface area contributed by atoms with Crippen molar-refractivity contribution in [2.24, 2.45) is 5.92 Å². The van der Waals surface area contributed by atoms with E-state index in [0.717, 1.165) is 23.2 Å². The number of aromatic nitrogens is 2. The topological polar surface area (TPSA) is 95.5 Å². The van der Waals surface area contributed by atoms with E-state index in [4.69, 9.17) is 4.74 Å². The lowest BCUT2D eigenvalue weighted by Crippen LogP contribution is -2.30. The molecule has 2 unspecified atom stereocenters. The number of carbonyl (C=O) groups is 2. The first-order valence-electron chi connectivity index (χ1n) is 8.66. The van der Waals surface area contributed by atoms with Gasteiger partial charge in [0.15, 0.2) is 5.69 Å². The van der Waals surface area contributed by atoms with Crippen molar-refractivity contribution in [2.75, 3.05) is 20.2 Å². The normalized spacial score (nSPS) is 19.6. The molecular formula is C19H23N3O4. The molecule has 1 amide bonds. The second-order valence-electron chi connectivity index (χ2n) is 6.57. The lowest BCUT2D eigenvalue weighted by molar-refractivity contribution is -0.141. The molecule has 26 heavy (non-hydrogen) atoms. The Morgan fingerprint density at radius 1 is 1.38 bits per heavy atom. The van der Waals surface area contributed by atoms with Gasteiger partial charge >= 0.3 is 5.97 Å². The van der Waals surface area contributed by atoms with Gasteiger partial charge in [0, 0.05) is 30.3 Å². The number of carboxylic acids is 1. The lowest BCUT2D eigenvalue weighted by Gasteiger charge is -2.16. The molecule has 138 valence electrons. The smallest absolute Gasteiger partial charge is 0.308 e. The number of aromatic amines is 1. The fraction of sp³-hybridized carbons (Fsp3) is 0.421. The van der Waals surface area contributed by atoms with E-state index in [9.17, 15) is 14.7 Å². The van der Waals surface area contributed by atoms with E-state index in [0.29, 0.717) is 18.0 Å². The number of carbonyl (C=O) groups excluding carboxylic acids is 1. The average molecular weight is 357 g/mol. The molecule has 2 atom stereocenters. The Kier molecular flexibility index (Phi) is 4.97. The molecule has 0 spiro atoms. The van der Waals surface area contributed by atoms with E-state index in [-0.39, 0.29) is 18.4 Å². The number of carboxylic acid groups (broad SMARTS) is 1. The number of hydrogen-bond donors (Lipinski definition) is 2. The predicted molar refractivity (Wildman–Crippen MR) is 95.5 cm³/mol. The molecule has 3 rings (SSSR count). The van der Waals surface area contributed by atoms with Gasteiger partial charge in [-0.1, -0.05) is 19.1 Å². The van der Waals surface area contributed by atoms with Crippen LogP contribution in [0, 0.1) is 12.8 Å². The SMILES string of the molecule is CCc1[nH]nc(C(=O)N2CC(C(=O)O)C(c3cccc(OC)c3)C2)c1C. The molecule has 7 nitrogen and oxygen atoms in total. The summed E-state index contributed by atoms with van der Waals surface area (Å²) in [6.45, 7) is 4.37. The quantitative estimate of drug-likeness (QED) is 0.855. The van der Waals surface area contributed by atoms with Gasteiger partial charge in [-0.05, 0) is 31.0 Å². The third-order valence-corrected chi connectivity index (χ3v) is 5.11. The van der Waals surface area contributed by atoms with E-state index in [1.165, 1.54) is 0 Å². The van der Waals surface area contributed by atoms with Crippen molar-refractivity contribution in [1.29, 1.82) is 0 Å². The van der Waals surface area contributed by atoms with Crippen molar-refractivity contribution in [3.63, 3.8) is 0 Å². The van der Waals surface area contributed by atoms with Crippen LogP contribution < -0.4 is 4.74 Å². The largest absolute Gasteiger partial charge is 0.497 e. The maximum Gasteiger partial charge on any atom is 0.308 e. The van der Waals surface area contributed by atoms with Crippen LogP contribution in [0.4, 0.5) is 0 Å². The Morgan fingerprint density at radius 2 is 2.15 bits per heavy atom. The lowest BCUT2D eigenvalue weighted by atomic mass is 9.89. The van der Waals surface area contributed by atoms with Crippen LogP contribution in [0.5, 0.6) is 5.75 Å². The number of likely N-dealkylation sites (tertiary alicyclic amines) is 1. The van der Waals surface area contributed by atoms with Crippen LogP contribution in [0.1, 0.15) is 40.2 Å². The number of aliphatic carboxylic acids is 1. The maximum absolute atomic E-state index is 12.9. The van der Waals surface area contributed by atoms with Crippen LogP contribution in [-0.2, 0) is 11.2 Å². The zero-order valence-electron chi connectivity index (χ0n) is 15.2. The zero-order valence-corrected chi connectivity index (χ0v) is 15.2. The summed E-state index contributed by atoms with van der Waals surface area (Å²) in [4.78, 5) is 26.3. The fourth-order valence-corrected chi connectivity index (χ4v) is 3.57. The number of rotatable bonds is 5. The van der Waals surface area contributed by atoms with Crippen molar-refractivity contribution in [2.45, 2.75) is 26.2 Å². The van der Waals surface area contributed by atoms with Crippen molar-refractivity contribution in [3.8, 4) is 5.75 Å². The Balaban J connectivity index is 1.88. The molecule has 2 heterocycles. The Labute approximate surface area is 152 Å². The Morgan fingerprint density at radius 3 is 2.77 bits per heavy atom. The van der Waals surface area contributed by atoms with Crippen LogP contribution in [0.25, 0.3) is 0 Å². The van der Waals surface area contributed by atoms with Gasteiger partial charge in [0.25, 0.3) is 5.91 Å². The number of nitrogens with zero attached hydrogens (tertiary/aromatic N) is 2. The highest BCUT2D eigenvalue weighted by Gasteiger charge is 2.41. The maximum atomic E-state index is 12.9. The monoisotopic (exact) mass is 357 g/mol. The molecule has 1 fully saturated rings. The summed E-state index contributed by atoms with van der Waals surface area (Å²) in [5, 5.41) is 16.7. The summed E-state index contributed by atoms with van der Waals surface area (Å²) in [7, 11) is 1.57. The Hall–Kier alpha value is -2.83. The van der Waals surface area contributed by atoms with Crippen LogP contribution in [-0.4, -0.2) is 52.3 Å². The molecule has 0 aliphatic carbocycles. The number of H-pyrrole nitrogens is 1. The molecule has 2 aromatic rings. The fourth-order valence-electron chi connectivity index (χ4n) is 3.57. The first-order valence-corrected chi connectivity index (χ1v) is 8.66. The van der Waals surface area contributed by atoms with Crippen molar-refractivity contribution < 1.29 is 19.4 Å². The van der Waals surface area contributed by atoms with Crippen molar-refractivity contribution in [3.05, 3.63) is 46.8 Å². The molecule has 1 aromatic heterocycles. The molecule has 1 aliphatic heterocycles. The van der Waals surface area contributed by atoms with Gasteiger partial charge in [-0.25, -0.2) is 0 Å². The minimum atomic E-state index is -0.902. The molecular weight excluding hydrogens is 334 g/mol. The standard InChI is InChI=1S/C19H23N3O4/c1-4-16-11(2)17(21-20-16)18(23)22-9-14(15(10-22)19(24)25)12-6-5-7-13(8-12)26-3/h5-8,14-15H,4,9-10H2,1-3H3,(H,20,21)(H,24,25). The molecule has 2 N–H and O–H groups in total. The van der Waals surface area contributed by atoms with E-state index in [1.807, 2.05) is 38.1 Å². The first kappa shape index (κ1) is 18.0. The second kappa shape index (κ2) is 7.19. The van der Waals surface area contributed by atoms with Gasteiger partial charge < -0.3 is 14.7 Å². The minimum Gasteiger partial charge on any atom is -0.497 e. The van der Waals surface area contributed by atoms with Gasteiger partial charge in [-0.2, -0.15) is 5.10 Å². The molecule has 0 bridgehead atoms. The molecule has 7 heteroatoms. The number of nitrogens with one attached hydrogen (secondary N) is 1. The predicted octanol–water partition coefficient (Wildman–Crippen LogP) is 2.23. The number of aryl methyl sites for hydroxylation is 1. The molecule has 1 aliphatic rings. The minimum absolute atomic E-state index is 0.170. The highest BCUT2D eigenvalue weighted by atomic mass is 16.5. The number of benzene rings is 1. The number of amides is 1. The van der Waals surface area contributed by atoms with Crippen molar-refractivity contribution in [1.82, 2.24) is 15.1 Å². The van der Waals surface area contributed by atoms with E-state index >= 15 is 0 Å². The van der Waals surface area contributed by atoms with Crippen molar-refractivity contribution >= 4 is 11.9 Å². The third kappa shape index (κ3) is 3.16. The van der Waals surface area contributed by atoms with E-state index in [1.54, 1.807) is 12.0 Å². The summed E-state index contributed by atoms with van der Waals surface area (Å²) in [6, 6.07) is 7.37. The second-order valence-corrected chi connectivity index (χ2v) is 6.57. The average Bonchev–Trinajstić information content (AvgIpc) is 3.25. The van der Waals surface area contributed by atoms with E-state index < -0.39 is 11.9 Å². The summed E-state index contributed by atoms with van der Waals surface area (Å²) in [5.74, 6) is -1.39.